The molecule has 1 amide bonds. The highest BCUT2D eigenvalue weighted by Crippen LogP contribution is 2.42. The van der Waals surface area contributed by atoms with E-state index in [1.54, 1.807) is 18.2 Å². The van der Waals surface area contributed by atoms with Crippen molar-refractivity contribution in [3.8, 4) is 17.0 Å². The molecule has 0 fully saturated rings. The molecule has 0 aliphatic heterocycles. The van der Waals surface area contributed by atoms with Crippen LogP contribution in [0.2, 0.25) is 0 Å². The number of nitrogens with two attached hydrogens (primary N) is 1. The van der Waals surface area contributed by atoms with Crippen LogP contribution in [-0.2, 0) is 6.54 Å². The highest BCUT2D eigenvalue weighted by Gasteiger charge is 2.20. The van der Waals surface area contributed by atoms with Crippen molar-refractivity contribution in [3.63, 3.8) is 0 Å². The molecule has 0 aliphatic carbocycles. The molecule has 6 aromatic rings. The average Bonchev–Trinajstić information content (AvgIpc) is 3.46. The van der Waals surface area contributed by atoms with Crippen LogP contribution in [0.25, 0.3) is 43.8 Å². The smallest absolute Gasteiger partial charge is 0.251 e. The van der Waals surface area contributed by atoms with Crippen molar-refractivity contribution in [2.45, 2.75) is 27.3 Å². The van der Waals surface area contributed by atoms with Crippen LogP contribution < -0.4 is 15.8 Å². The van der Waals surface area contributed by atoms with Gasteiger partial charge < -0.3 is 20.2 Å². The van der Waals surface area contributed by atoms with Crippen LogP contribution in [0.4, 0.5) is 10.2 Å². The largest absolute Gasteiger partial charge is 0.478 e. The van der Waals surface area contributed by atoms with Gasteiger partial charge in [0.05, 0.1) is 12.8 Å². The molecule has 4 heterocycles. The van der Waals surface area contributed by atoms with E-state index in [1.807, 2.05) is 51.1 Å². The number of carbonyl (C=O) groups excluding carboxylic acids is 1. The van der Waals surface area contributed by atoms with E-state index >= 15 is 0 Å². The molecule has 7 nitrogen and oxygen atoms in total. The molecule has 2 aromatic carbocycles. The van der Waals surface area contributed by atoms with Crippen molar-refractivity contribution in [1.82, 2.24) is 15.3 Å². The van der Waals surface area contributed by atoms with Crippen LogP contribution in [0.15, 0.2) is 59.1 Å². The minimum absolute atomic E-state index is 0.201. The quantitative estimate of drug-likeness (QED) is 0.256. The van der Waals surface area contributed by atoms with Gasteiger partial charge in [-0.05, 0) is 73.9 Å². The summed E-state index contributed by atoms with van der Waals surface area (Å²) < 4.78 is 26.3. The van der Waals surface area contributed by atoms with Gasteiger partial charge in [0.15, 0.2) is 0 Å². The number of nitrogens with one attached hydrogen (secondary N) is 1. The van der Waals surface area contributed by atoms with Gasteiger partial charge >= 0.3 is 0 Å². The Bertz CT molecular complexity index is 1840. The summed E-state index contributed by atoms with van der Waals surface area (Å²) in [5, 5.41) is 6.55. The first-order valence-corrected chi connectivity index (χ1v) is 12.3. The van der Waals surface area contributed by atoms with Gasteiger partial charge in [-0.1, -0.05) is 6.07 Å². The van der Waals surface area contributed by atoms with Crippen LogP contribution >= 0.6 is 0 Å². The molecular weight excluding hydrogens is 483 g/mol. The number of pyridine rings is 2. The number of nitrogen functional groups attached to an aromatic ring is 1. The zero-order valence-corrected chi connectivity index (χ0v) is 21.2. The topological polar surface area (TPSA) is 103 Å². The number of benzene rings is 3. The summed E-state index contributed by atoms with van der Waals surface area (Å²) >= 11 is 0. The van der Waals surface area contributed by atoms with Crippen molar-refractivity contribution in [2.75, 3.05) is 12.3 Å². The van der Waals surface area contributed by atoms with Crippen LogP contribution in [0.1, 0.15) is 34.1 Å². The van der Waals surface area contributed by atoms with Gasteiger partial charge in [0, 0.05) is 51.0 Å². The van der Waals surface area contributed by atoms with Crippen molar-refractivity contribution in [1.29, 1.82) is 0 Å². The maximum Gasteiger partial charge on any atom is 0.251 e. The molecular formula is C30H25FN4O3. The number of hydrogen-bond donors (Lipinski definition) is 2. The molecule has 8 heteroatoms. The molecule has 6 rings (SSSR count). The summed E-state index contributed by atoms with van der Waals surface area (Å²) in [7, 11) is 0. The Kier molecular flexibility index (Phi) is 5.60. The number of aryl methyl sites for hydroxylation is 2. The molecule has 4 aromatic heterocycles. The monoisotopic (exact) mass is 508 g/mol. The zero-order chi connectivity index (χ0) is 26.6. The molecule has 0 aliphatic rings. The number of amides is 1. The second-order valence-corrected chi connectivity index (χ2v) is 9.33. The second-order valence-electron chi connectivity index (χ2n) is 9.33. The van der Waals surface area contributed by atoms with Gasteiger partial charge in [-0.25, -0.2) is 14.4 Å². The Morgan fingerprint density at radius 3 is 2.53 bits per heavy atom. The van der Waals surface area contributed by atoms with E-state index < -0.39 is 5.82 Å². The molecule has 38 heavy (non-hydrogen) atoms. The fraction of sp³-hybridized carbons (Fsp3) is 0.167. The lowest BCUT2D eigenvalue weighted by Gasteiger charge is -2.12. The Morgan fingerprint density at radius 1 is 1.03 bits per heavy atom. The third-order valence-electron chi connectivity index (χ3n) is 6.92. The number of anilines is 1. The SMILES string of the molecule is CCOc1cc(-c2ccc3c(c2)c2oc3c3ccc(C(=O)NCc4c(C)cc(N)nc4C)cc32)c(F)cn1. The summed E-state index contributed by atoms with van der Waals surface area (Å²) in [6, 6.07) is 14.6. The molecule has 2 bridgehead atoms. The number of hydrogen-bond acceptors (Lipinski definition) is 6. The summed E-state index contributed by atoms with van der Waals surface area (Å²) in [4.78, 5) is 21.3. The van der Waals surface area contributed by atoms with E-state index in [0.717, 1.165) is 43.9 Å². The van der Waals surface area contributed by atoms with Crippen LogP contribution in [0.5, 0.6) is 5.88 Å². The van der Waals surface area contributed by atoms with E-state index in [-0.39, 0.29) is 5.91 Å². The summed E-state index contributed by atoms with van der Waals surface area (Å²) in [6.07, 6.45) is 1.17. The van der Waals surface area contributed by atoms with E-state index in [9.17, 15) is 9.18 Å². The number of ether oxygens (including phenoxy) is 1. The van der Waals surface area contributed by atoms with Crippen LogP contribution in [-0.4, -0.2) is 22.5 Å². The maximum absolute atomic E-state index is 14.7. The zero-order valence-electron chi connectivity index (χ0n) is 21.2. The van der Waals surface area contributed by atoms with Crippen LogP contribution in [0.3, 0.4) is 0 Å². The number of fused-ring (bicyclic) bond motifs is 8. The van der Waals surface area contributed by atoms with Crippen molar-refractivity contribution < 1.29 is 18.3 Å². The first-order chi connectivity index (χ1) is 18.3. The van der Waals surface area contributed by atoms with Gasteiger partial charge in [-0.3, -0.25) is 4.79 Å². The lowest BCUT2D eigenvalue weighted by Crippen LogP contribution is -2.24. The highest BCUT2D eigenvalue weighted by molar-refractivity contribution is 6.26. The summed E-state index contributed by atoms with van der Waals surface area (Å²) in [6.45, 7) is 6.47. The Hall–Kier alpha value is -4.72. The van der Waals surface area contributed by atoms with Crippen LogP contribution in [0, 0.1) is 19.7 Å². The lowest BCUT2D eigenvalue weighted by molar-refractivity contribution is 0.0951. The minimum Gasteiger partial charge on any atom is -0.478 e. The van der Waals surface area contributed by atoms with E-state index in [2.05, 4.69) is 15.3 Å². The van der Waals surface area contributed by atoms with E-state index in [4.69, 9.17) is 14.9 Å². The number of nitrogens with zero attached hydrogens (tertiary/aromatic N) is 2. The normalized spacial score (nSPS) is 11.6. The summed E-state index contributed by atoms with van der Waals surface area (Å²) in [5.74, 6) is 0.192. The molecule has 0 saturated carbocycles. The number of rotatable bonds is 6. The molecule has 0 atom stereocenters. The van der Waals surface area contributed by atoms with E-state index in [1.165, 1.54) is 6.20 Å². The van der Waals surface area contributed by atoms with Crippen molar-refractivity contribution >= 4 is 44.4 Å². The molecule has 3 N–H and O–H groups in total. The van der Waals surface area contributed by atoms with E-state index in [0.29, 0.717) is 47.1 Å². The number of carbonyl (C=O) groups is 1. The average molecular weight is 509 g/mol. The number of furan rings is 2. The summed E-state index contributed by atoms with van der Waals surface area (Å²) in [5.41, 5.74) is 11.5. The molecule has 0 radical (unpaired) electrons. The fourth-order valence-electron chi connectivity index (χ4n) is 5.07. The Labute approximate surface area is 217 Å². The van der Waals surface area contributed by atoms with Gasteiger partial charge in [0.1, 0.15) is 22.8 Å². The van der Waals surface area contributed by atoms with Gasteiger partial charge in [0.2, 0.25) is 5.88 Å². The number of aromatic nitrogens is 2. The van der Waals surface area contributed by atoms with Gasteiger partial charge in [-0.2, -0.15) is 0 Å². The predicted octanol–water partition coefficient (Wildman–Crippen LogP) is 6.30. The first-order valence-electron chi connectivity index (χ1n) is 12.3. The predicted molar refractivity (Wildman–Crippen MR) is 146 cm³/mol. The second kappa shape index (κ2) is 8.99. The molecule has 0 spiro atoms. The standard InChI is InChI=1S/C30H25FN4O3/c1-4-37-27-12-21(25(31)14-33-27)17-5-7-19-22(10-17)29-23-11-18(6-8-20(23)28(19)38-29)30(36)34-13-24-15(2)9-26(32)35-16(24)3/h5-12,14H,4,13H2,1-3H3,(H2,32,35)(H,34,36). The Balaban J connectivity index is 1.35. The molecule has 190 valence electrons. The van der Waals surface area contributed by atoms with Crippen molar-refractivity contribution in [3.05, 3.63) is 82.9 Å². The Morgan fingerprint density at radius 2 is 1.76 bits per heavy atom. The number of halogens is 1. The van der Waals surface area contributed by atoms with Gasteiger partial charge in [-0.15, -0.1) is 0 Å². The lowest BCUT2D eigenvalue weighted by atomic mass is 9.97. The highest BCUT2D eigenvalue weighted by atomic mass is 19.1. The fourth-order valence-corrected chi connectivity index (χ4v) is 5.07. The van der Waals surface area contributed by atoms with Crippen molar-refractivity contribution in [2.24, 2.45) is 0 Å². The molecule has 0 unspecified atom stereocenters. The minimum atomic E-state index is -0.434. The third-order valence-corrected chi connectivity index (χ3v) is 6.92. The third kappa shape index (κ3) is 3.85. The maximum atomic E-state index is 14.7. The molecule has 0 saturated heterocycles. The van der Waals surface area contributed by atoms with Gasteiger partial charge in [0.25, 0.3) is 5.91 Å². The first kappa shape index (κ1) is 23.7.